The lowest BCUT2D eigenvalue weighted by Gasteiger charge is -2.11. The number of nitriles is 1. The fraction of sp³-hybridized carbons (Fsp3) is 0.0526. The van der Waals surface area contributed by atoms with Gasteiger partial charge in [-0.3, -0.25) is 4.72 Å². The van der Waals surface area contributed by atoms with Crippen molar-refractivity contribution >= 4 is 27.2 Å². The number of aromatic nitrogens is 1. The Bertz CT molecular complexity index is 1050. The van der Waals surface area contributed by atoms with Gasteiger partial charge in [-0.1, -0.05) is 18.2 Å². The third-order valence-corrected chi connectivity index (χ3v) is 5.23. The first kappa shape index (κ1) is 17.5. The van der Waals surface area contributed by atoms with E-state index in [0.717, 1.165) is 5.69 Å². The number of hydrogen-bond donors (Lipinski definition) is 2. The number of anilines is 3. The first-order valence-electron chi connectivity index (χ1n) is 7.80. The molecule has 0 bridgehead atoms. The number of pyridine rings is 1. The van der Waals surface area contributed by atoms with Crippen molar-refractivity contribution in [3.05, 3.63) is 78.0 Å². The topological polar surface area (TPSA) is 94.9 Å². The normalized spacial score (nSPS) is 10.8. The van der Waals surface area contributed by atoms with Crippen LogP contribution < -0.4 is 10.0 Å². The van der Waals surface area contributed by atoms with Gasteiger partial charge in [-0.25, -0.2) is 13.4 Å². The minimum Gasteiger partial charge on any atom is -0.340 e. The molecule has 0 radical (unpaired) electrons. The van der Waals surface area contributed by atoms with Gasteiger partial charge in [-0.2, -0.15) is 5.26 Å². The molecule has 2 aromatic carbocycles. The van der Waals surface area contributed by atoms with Gasteiger partial charge >= 0.3 is 0 Å². The molecule has 1 heterocycles. The maximum absolute atomic E-state index is 12.5. The number of hydrogen-bond acceptors (Lipinski definition) is 5. The fourth-order valence-electron chi connectivity index (χ4n) is 2.37. The van der Waals surface area contributed by atoms with Crippen LogP contribution in [0.4, 0.5) is 17.2 Å². The quantitative estimate of drug-likeness (QED) is 0.718. The number of sulfonamides is 1. The molecule has 0 spiro atoms. The highest BCUT2D eigenvalue weighted by atomic mass is 32.2. The predicted molar refractivity (Wildman–Crippen MR) is 101 cm³/mol. The predicted octanol–water partition coefficient (Wildman–Crippen LogP) is 3.81. The summed E-state index contributed by atoms with van der Waals surface area (Å²) < 4.78 is 27.5. The van der Waals surface area contributed by atoms with Crippen LogP contribution >= 0.6 is 0 Å². The van der Waals surface area contributed by atoms with Gasteiger partial charge in [-0.15, -0.1) is 0 Å². The van der Waals surface area contributed by atoms with E-state index in [1.807, 2.05) is 0 Å². The molecule has 0 aliphatic carbocycles. The van der Waals surface area contributed by atoms with Crippen LogP contribution in [-0.2, 0) is 10.0 Å². The molecule has 0 amide bonds. The molecular weight excluding hydrogens is 348 g/mol. The van der Waals surface area contributed by atoms with Crippen molar-refractivity contribution in [3.63, 3.8) is 0 Å². The van der Waals surface area contributed by atoms with Crippen LogP contribution in [-0.4, -0.2) is 13.4 Å². The highest BCUT2D eigenvalue weighted by Crippen LogP contribution is 2.20. The van der Waals surface area contributed by atoms with Crippen molar-refractivity contribution in [3.8, 4) is 6.07 Å². The summed E-state index contributed by atoms with van der Waals surface area (Å²) in [6, 6.07) is 19.1. The minimum absolute atomic E-state index is 0.236. The van der Waals surface area contributed by atoms with E-state index < -0.39 is 10.0 Å². The van der Waals surface area contributed by atoms with E-state index in [0.29, 0.717) is 22.6 Å². The van der Waals surface area contributed by atoms with E-state index in [1.54, 1.807) is 67.6 Å². The summed E-state index contributed by atoms with van der Waals surface area (Å²) in [5, 5.41) is 11.9. The van der Waals surface area contributed by atoms with Gasteiger partial charge in [0.25, 0.3) is 10.0 Å². The summed E-state index contributed by atoms with van der Waals surface area (Å²) in [6.07, 6.45) is 1.45. The molecule has 1 aromatic heterocycles. The van der Waals surface area contributed by atoms with Crippen LogP contribution in [0, 0.1) is 18.3 Å². The standard InChI is InChI=1S/C19H16N4O2S/c1-14-4-2-3-5-18(14)26(24,25)23-17-10-11-19(21-13-17)22-16-8-6-15(12-20)7-9-16/h2-11,13,23H,1H3,(H,21,22). The molecule has 3 rings (SSSR count). The number of nitrogens with zero attached hydrogens (tertiary/aromatic N) is 2. The van der Waals surface area contributed by atoms with E-state index >= 15 is 0 Å². The van der Waals surface area contributed by atoms with Crippen molar-refractivity contribution < 1.29 is 8.42 Å². The smallest absolute Gasteiger partial charge is 0.262 e. The van der Waals surface area contributed by atoms with E-state index in [1.165, 1.54) is 6.20 Å². The molecule has 0 saturated carbocycles. The zero-order chi connectivity index (χ0) is 18.6. The van der Waals surface area contributed by atoms with Gasteiger partial charge in [0.15, 0.2) is 0 Å². The Morgan fingerprint density at radius 1 is 0.962 bits per heavy atom. The maximum Gasteiger partial charge on any atom is 0.262 e. The third kappa shape index (κ3) is 3.99. The van der Waals surface area contributed by atoms with Gasteiger partial charge in [-0.05, 0) is 55.0 Å². The van der Waals surface area contributed by atoms with Crippen LogP contribution in [0.25, 0.3) is 0 Å². The molecule has 3 aromatic rings. The molecule has 0 aliphatic heterocycles. The number of benzene rings is 2. The monoisotopic (exact) mass is 364 g/mol. The first-order valence-corrected chi connectivity index (χ1v) is 9.28. The van der Waals surface area contributed by atoms with E-state index in [4.69, 9.17) is 5.26 Å². The van der Waals surface area contributed by atoms with Crippen molar-refractivity contribution in [1.29, 1.82) is 5.26 Å². The summed E-state index contributed by atoms with van der Waals surface area (Å²) in [4.78, 5) is 4.45. The minimum atomic E-state index is -3.66. The van der Waals surface area contributed by atoms with Crippen LogP contribution in [0.5, 0.6) is 0 Å². The molecule has 130 valence electrons. The lowest BCUT2D eigenvalue weighted by Crippen LogP contribution is -2.14. The van der Waals surface area contributed by atoms with Gasteiger partial charge in [0, 0.05) is 5.69 Å². The second-order valence-electron chi connectivity index (χ2n) is 5.62. The summed E-state index contributed by atoms with van der Waals surface area (Å²) in [5.74, 6) is 0.563. The van der Waals surface area contributed by atoms with Crippen LogP contribution in [0.3, 0.4) is 0 Å². The molecule has 6 nitrogen and oxygen atoms in total. The van der Waals surface area contributed by atoms with Crippen molar-refractivity contribution in [2.24, 2.45) is 0 Å². The Morgan fingerprint density at radius 2 is 1.65 bits per heavy atom. The number of nitrogens with one attached hydrogen (secondary N) is 2. The van der Waals surface area contributed by atoms with Gasteiger partial charge in [0.05, 0.1) is 28.4 Å². The lowest BCUT2D eigenvalue weighted by molar-refractivity contribution is 0.600. The molecule has 0 aliphatic rings. The van der Waals surface area contributed by atoms with E-state index in [9.17, 15) is 8.42 Å². The van der Waals surface area contributed by atoms with Crippen LogP contribution in [0.15, 0.2) is 71.8 Å². The molecule has 2 N–H and O–H groups in total. The Hall–Kier alpha value is -3.37. The highest BCUT2D eigenvalue weighted by molar-refractivity contribution is 7.92. The number of rotatable bonds is 5. The van der Waals surface area contributed by atoms with Gasteiger partial charge < -0.3 is 5.32 Å². The Labute approximate surface area is 152 Å². The summed E-state index contributed by atoms with van der Waals surface area (Å²) in [6.45, 7) is 1.75. The second-order valence-corrected chi connectivity index (χ2v) is 7.27. The maximum atomic E-state index is 12.5. The Kier molecular flexibility index (Phi) is 4.87. The summed E-state index contributed by atoms with van der Waals surface area (Å²) in [7, 11) is -3.66. The van der Waals surface area contributed by atoms with E-state index in [2.05, 4.69) is 21.1 Å². The average molecular weight is 364 g/mol. The van der Waals surface area contributed by atoms with Crippen molar-refractivity contribution in [1.82, 2.24) is 4.98 Å². The van der Waals surface area contributed by atoms with E-state index in [-0.39, 0.29) is 4.90 Å². The van der Waals surface area contributed by atoms with Gasteiger partial charge in [0.1, 0.15) is 5.82 Å². The largest absolute Gasteiger partial charge is 0.340 e. The highest BCUT2D eigenvalue weighted by Gasteiger charge is 2.16. The molecule has 26 heavy (non-hydrogen) atoms. The molecule has 7 heteroatoms. The second kappa shape index (κ2) is 7.25. The van der Waals surface area contributed by atoms with Crippen LogP contribution in [0.2, 0.25) is 0 Å². The molecule has 0 saturated heterocycles. The lowest BCUT2D eigenvalue weighted by atomic mass is 10.2. The zero-order valence-electron chi connectivity index (χ0n) is 14.0. The SMILES string of the molecule is Cc1ccccc1S(=O)(=O)Nc1ccc(Nc2ccc(C#N)cc2)nc1. The zero-order valence-corrected chi connectivity index (χ0v) is 14.8. The first-order chi connectivity index (χ1) is 12.5. The third-order valence-electron chi connectivity index (χ3n) is 3.69. The Morgan fingerprint density at radius 3 is 2.27 bits per heavy atom. The Balaban J connectivity index is 1.73. The fourth-order valence-corrected chi connectivity index (χ4v) is 3.66. The molecule has 0 unspecified atom stereocenters. The number of aryl methyl sites for hydroxylation is 1. The summed E-state index contributed by atoms with van der Waals surface area (Å²) in [5.41, 5.74) is 2.40. The molecular formula is C19H16N4O2S. The van der Waals surface area contributed by atoms with Crippen molar-refractivity contribution in [2.45, 2.75) is 11.8 Å². The van der Waals surface area contributed by atoms with Crippen LogP contribution in [0.1, 0.15) is 11.1 Å². The van der Waals surface area contributed by atoms with Crippen molar-refractivity contribution in [2.75, 3.05) is 10.0 Å². The van der Waals surface area contributed by atoms with Gasteiger partial charge in [0.2, 0.25) is 0 Å². The summed E-state index contributed by atoms with van der Waals surface area (Å²) >= 11 is 0. The molecule has 0 fully saturated rings. The molecule has 0 atom stereocenters. The average Bonchev–Trinajstić information content (AvgIpc) is 2.64.